The minimum Gasteiger partial charge on any atom is -0.477 e. The van der Waals surface area contributed by atoms with Crippen LogP contribution in [0, 0.1) is 6.92 Å². The third-order valence-corrected chi connectivity index (χ3v) is 5.50. The molecule has 3 aromatic rings. The number of carboxylic acid groups (broad SMARTS) is 1. The average molecular weight is 386 g/mol. The molecule has 7 nitrogen and oxygen atoms in total. The van der Waals surface area contributed by atoms with E-state index in [1.165, 1.54) is 12.1 Å². The van der Waals surface area contributed by atoms with E-state index in [4.69, 9.17) is 23.2 Å². The zero-order valence-electron chi connectivity index (χ0n) is 12.1. The molecular weight excluding hydrogens is 377 g/mol. The summed E-state index contributed by atoms with van der Waals surface area (Å²) in [7, 11) is -4.22. The van der Waals surface area contributed by atoms with Crippen LogP contribution in [0.4, 0.5) is 0 Å². The third kappa shape index (κ3) is 2.62. The van der Waals surface area contributed by atoms with Crippen molar-refractivity contribution in [2.75, 3.05) is 0 Å². The molecule has 124 valence electrons. The van der Waals surface area contributed by atoms with Crippen molar-refractivity contribution in [3.8, 4) is 0 Å². The van der Waals surface area contributed by atoms with Gasteiger partial charge in [0.2, 0.25) is 5.28 Å². The molecule has 0 spiro atoms. The van der Waals surface area contributed by atoms with Gasteiger partial charge in [-0.15, -0.1) is 0 Å². The maximum atomic E-state index is 12.9. The first kappa shape index (κ1) is 16.7. The van der Waals surface area contributed by atoms with E-state index in [1.54, 1.807) is 19.1 Å². The Bertz CT molecular complexity index is 1080. The van der Waals surface area contributed by atoms with Gasteiger partial charge >= 0.3 is 5.97 Å². The number of carbonyl (C=O) groups is 1. The number of halogens is 2. The lowest BCUT2D eigenvalue weighted by Gasteiger charge is -2.09. The van der Waals surface area contributed by atoms with Gasteiger partial charge in [0.15, 0.2) is 5.65 Å². The lowest BCUT2D eigenvalue weighted by molar-refractivity contribution is 0.0689. The highest BCUT2D eigenvalue weighted by Gasteiger charge is 2.28. The number of aromatic carboxylic acids is 1. The number of hydrogen-bond donors (Lipinski definition) is 1. The van der Waals surface area contributed by atoms with Crippen molar-refractivity contribution in [2.24, 2.45) is 0 Å². The van der Waals surface area contributed by atoms with Crippen molar-refractivity contribution >= 4 is 50.2 Å². The first-order chi connectivity index (χ1) is 11.2. The van der Waals surface area contributed by atoms with Gasteiger partial charge < -0.3 is 5.11 Å². The van der Waals surface area contributed by atoms with E-state index in [0.717, 1.165) is 11.6 Å². The van der Waals surface area contributed by atoms with E-state index in [-0.39, 0.29) is 26.4 Å². The van der Waals surface area contributed by atoms with Gasteiger partial charge in [0.05, 0.1) is 10.3 Å². The van der Waals surface area contributed by atoms with E-state index in [0.29, 0.717) is 3.97 Å². The van der Waals surface area contributed by atoms with Crippen LogP contribution in [0.2, 0.25) is 10.4 Å². The molecule has 0 aliphatic carbocycles. The maximum Gasteiger partial charge on any atom is 0.353 e. The van der Waals surface area contributed by atoms with Gasteiger partial charge in [-0.25, -0.2) is 22.2 Å². The van der Waals surface area contributed by atoms with Crippen molar-refractivity contribution in [3.63, 3.8) is 0 Å². The number of carboxylic acids is 1. The molecule has 10 heteroatoms. The second-order valence-electron chi connectivity index (χ2n) is 4.94. The second kappa shape index (κ2) is 5.73. The first-order valence-corrected chi connectivity index (χ1v) is 8.71. The number of hydrogen-bond acceptors (Lipinski definition) is 5. The normalized spacial score (nSPS) is 11.8. The minimum atomic E-state index is -4.22. The minimum absolute atomic E-state index is 0.0779. The fourth-order valence-corrected chi connectivity index (χ4v) is 4.08. The summed E-state index contributed by atoms with van der Waals surface area (Å²) in [5.74, 6) is -1.45. The summed E-state index contributed by atoms with van der Waals surface area (Å²) >= 11 is 11.7. The number of aryl methyl sites for hydroxylation is 1. The molecule has 1 N–H and O–H groups in total. The van der Waals surface area contributed by atoms with E-state index in [9.17, 15) is 18.3 Å². The molecule has 3 rings (SSSR count). The highest BCUT2D eigenvalue weighted by molar-refractivity contribution is 7.90. The Morgan fingerprint density at radius 1 is 1.17 bits per heavy atom. The first-order valence-electron chi connectivity index (χ1n) is 6.52. The van der Waals surface area contributed by atoms with Gasteiger partial charge in [-0.1, -0.05) is 29.3 Å². The topological polar surface area (TPSA) is 102 Å². The molecule has 24 heavy (non-hydrogen) atoms. The van der Waals surface area contributed by atoms with E-state index < -0.39 is 21.7 Å². The quantitative estimate of drug-likeness (QED) is 0.549. The zero-order chi connectivity index (χ0) is 17.6. The molecule has 0 saturated heterocycles. The summed E-state index contributed by atoms with van der Waals surface area (Å²) in [6.45, 7) is 1.80. The molecule has 1 aromatic carbocycles. The second-order valence-corrected chi connectivity index (χ2v) is 7.42. The van der Waals surface area contributed by atoms with Crippen LogP contribution in [0.1, 0.15) is 16.1 Å². The fraction of sp³-hybridized carbons (Fsp3) is 0.0714. The molecular formula is C14H9Cl2N3O4S. The lowest BCUT2D eigenvalue weighted by atomic mass is 10.2. The number of aromatic nitrogens is 3. The molecule has 0 amide bonds. The van der Waals surface area contributed by atoms with Crippen LogP contribution in [0.25, 0.3) is 11.0 Å². The molecule has 0 bridgehead atoms. The third-order valence-electron chi connectivity index (χ3n) is 3.32. The maximum absolute atomic E-state index is 12.9. The smallest absolute Gasteiger partial charge is 0.353 e. The van der Waals surface area contributed by atoms with Gasteiger partial charge in [-0.05, 0) is 36.7 Å². The largest absolute Gasteiger partial charge is 0.477 e. The Morgan fingerprint density at radius 3 is 2.38 bits per heavy atom. The summed E-state index contributed by atoms with van der Waals surface area (Å²) in [4.78, 5) is 19.0. The van der Waals surface area contributed by atoms with E-state index in [1.807, 2.05) is 0 Å². The molecule has 2 aromatic heterocycles. The fourth-order valence-electron chi connectivity index (χ4n) is 2.20. The Hall–Kier alpha value is -2.16. The molecule has 2 heterocycles. The van der Waals surface area contributed by atoms with Crippen LogP contribution in [0.5, 0.6) is 0 Å². The van der Waals surface area contributed by atoms with Crippen molar-refractivity contribution in [1.29, 1.82) is 0 Å². The number of fused-ring (bicyclic) bond motifs is 1. The molecule has 0 fully saturated rings. The van der Waals surface area contributed by atoms with E-state index >= 15 is 0 Å². The van der Waals surface area contributed by atoms with Gasteiger partial charge in [-0.2, -0.15) is 4.98 Å². The van der Waals surface area contributed by atoms with Crippen LogP contribution in [0.15, 0.2) is 35.2 Å². The summed E-state index contributed by atoms with van der Waals surface area (Å²) < 4.78 is 26.4. The van der Waals surface area contributed by atoms with Crippen LogP contribution >= 0.6 is 23.2 Å². The standard InChI is InChI=1S/C14H9Cl2N3O4S/c1-7-2-4-8(5-3-7)24(22,23)19-10(13(20)21)6-9-11(15)17-14(16)18-12(9)19/h2-6H,1H3,(H,20,21). The van der Waals surface area contributed by atoms with Gasteiger partial charge in [-0.3, -0.25) is 0 Å². The van der Waals surface area contributed by atoms with Gasteiger partial charge in [0.25, 0.3) is 10.0 Å². The van der Waals surface area contributed by atoms with E-state index in [2.05, 4.69) is 9.97 Å². The van der Waals surface area contributed by atoms with Gasteiger partial charge in [0.1, 0.15) is 10.8 Å². The highest BCUT2D eigenvalue weighted by atomic mass is 35.5. The van der Waals surface area contributed by atoms with Crippen LogP contribution in [0.3, 0.4) is 0 Å². The van der Waals surface area contributed by atoms with Crippen molar-refractivity contribution in [1.82, 2.24) is 13.9 Å². The van der Waals surface area contributed by atoms with Crippen molar-refractivity contribution in [3.05, 3.63) is 52.0 Å². The summed E-state index contributed by atoms with van der Waals surface area (Å²) in [6, 6.07) is 7.07. The molecule has 0 atom stereocenters. The Balaban J connectivity index is 2.41. The lowest BCUT2D eigenvalue weighted by Crippen LogP contribution is -2.19. The molecule has 0 radical (unpaired) electrons. The molecule has 0 aliphatic rings. The monoisotopic (exact) mass is 385 g/mol. The SMILES string of the molecule is Cc1ccc(S(=O)(=O)n2c(C(=O)O)cc3c(Cl)nc(Cl)nc32)cc1. The highest BCUT2D eigenvalue weighted by Crippen LogP contribution is 2.29. The Kier molecular flexibility index (Phi) is 3.98. The van der Waals surface area contributed by atoms with Gasteiger partial charge in [0, 0.05) is 0 Å². The number of benzene rings is 1. The summed E-state index contributed by atoms with van der Waals surface area (Å²) in [5.41, 5.74) is 0.153. The summed E-state index contributed by atoms with van der Waals surface area (Å²) in [5, 5.41) is 9.03. The predicted molar refractivity (Wildman–Crippen MR) is 88.3 cm³/mol. The Labute approximate surface area is 146 Å². The molecule has 0 saturated carbocycles. The zero-order valence-corrected chi connectivity index (χ0v) is 14.4. The predicted octanol–water partition coefficient (Wildman–Crippen LogP) is 2.98. The van der Waals surface area contributed by atoms with Crippen LogP contribution < -0.4 is 0 Å². The average Bonchev–Trinajstić information content (AvgIpc) is 2.88. The van der Waals surface area contributed by atoms with Crippen molar-refractivity contribution in [2.45, 2.75) is 11.8 Å². The van der Waals surface area contributed by atoms with Crippen LogP contribution in [-0.2, 0) is 10.0 Å². The number of rotatable bonds is 3. The number of nitrogens with zero attached hydrogens (tertiary/aromatic N) is 3. The Morgan fingerprint density at radius 2 is 1.79 bits per heavy atom. The molecule has 0 unspecified atom stereocenters. The van der Waals surface area contributed by atoms with Crippen molar-refractivity contribution < 1.29 is 18.3 Å². The molecule has 0 aliphatic heterocycles. The summed E-state index contributed by atoms with van der Waals surface area (Å²) in [6.07, 6.45) is 0. The van der Waals surface area contributed by atoms with Crippen LogP contribution in [-0.4, -0.2) is 33.4 Å².